The van der Waals surface area contributed by atoms with E-state index in [0.29, 0.717) is 0 Å². The Labute approximate surface area is 129 Å². The molecule has 0 amide bonds. The van der Waals surface area contributed by atoms with Crippen molar-refractivity contribution in [3.8, 4) is 11.5 Å². The van der Waals surface area contributed by atoms with Gasteiger partial charge in [-0.05, 0) is 17.3 Å². The third-order valence-corrected chi connectivity index (χ3v) is 4.25. The summed E-state index contributed by atoms with van der Waals surface area (Å²) in [4.78, 5) is 20.6. The van der Waals surface area contributed by atoms with Crippen LogP contribution in [0.3, 0.4) is 0 Å². The van der Waals surface area contributed by atoms with Crippen LogP contribution in [0.25, 0.3) is 11.5 Å². The van der Waals surface area contributed by atoms with Gasteiger partial charge in [0, 0.05) is 12.6 Å². The summed E-state index contributed by atoms with van der Waals surface area (Å²) >= 11 is 0. The van der Waals surface area contributed by atoms with Gasteiger partial charge in [0.2, 0.25) is 15.8 Å². The van der Waals surface area contributed by atoms with Crippen LogP contribution in [0, 0.1) is 0 Å². The van der Waals surface area contributed by atoms with Crippen molar-refractivity contribution in [3.05, 3.63) is 18.3 Å². The molecule has 2 aromatic heterocycles. The van der Waals surface area contributed by atoms with Crippen LogP contribution in [0.5, 0.6) is 0 Å². The average molecular weight is 364 g/mol. The van der Waals surface area contributed by atoms with Crippen molar-refractivity contribution in [2.75, 3.05) is 6.44 Å². The monoisotopic (exact) mass is 364 g/mol. The zero-order valence-corrected chi connectivity index (χ0v) is 12.8. The normalized spacial score (nSPS) is 12.3. The lowest BCUT2D eigenvalue weighted by atomic mass is 9.93. The molecule has 0 unspecified atom stereocenters. The van der Waals surface area contributed by atoms with E-state index in [0.717, 1.165) is 6.20 Å². The fourth-order valence-corrected chi connectivity index (χ4v) is 2.76. The summed E-state index contributed by atoms with van der Waals surface area (Å²) in [6, 6.07) is 2.54. The summed E-state index contributed by atoms with van der Waals surface area (Å²) in [5.41, 5.74) is 0.280. The van der Waals surface area contributed by atoms with Crippen molar-refractivity contribution in [1.82, 2.24) is 30.3 Å². The van der Waals surface area contributed by atoms with Crippen LogP contribution in [-0.2, 0) is 19.0 Å². The summed E-state index contributed by atoms with van der Waals surface area (Å²) in [5, 5.41) is 22.1. The molecule has 0 spiro atoms. The maximum atomic E-state index is 11.9. The van der Waals surface area contributed by atoms with Crippen molar-refractivity contribution in [1.29, 1.82) is 0 Å². The van der Waals surface area contributed by atoms with E-state index in [1.54, 1.807) is 0 Å². The first-order valence-corrected chi connectivity index (χ1v) is 8.80. The molecule has 0 aromatic carbocycles. The van der Waals surface area contributed by atoms with Crippen LogP contribution in [0.1, 0.15) is 0 Å². The molecule has 0 bridgehead atoms. The van der Waals surface area contributed by atoms with Gasteiger partial charge in [0.05, 0.1) is 0 Å². The minimum absolute atomic E-state index is 0.173. The number of pyridine rings is 1. The molecule has 0 saturated heterocycles. The van der Waals surface area contributed by atoms with Gasteiger partial charge in [-0.2, -0.15) is 5.21 Å². The van der Waals surface area contributed by atoms with Gasteiger partial charge >= 0.3 is 14.9 Å². The third-order valence-electron chi connectivity index (χ3n) is 2.33. The summed E-state index contributed by atoms with van der Waals surface area (Å²) in [6.07, 6.45) is 0.254. The second-order valence-corrected chi connectivity index (χ2v) is 6.98. The number of rotatable bonds is 7. The molecule has 2 aromatic rings. The average Bonchev–Trinajstić information content (AvgIpc) is 2.98. The molecular formula is C7H10BN6O7PS. The van der Waals surface area contributed by atoms with Crippen LogP contribution in [-0.4, -0.2) is 62.4 Å². The van der Waals surface area contributed by atoms with E-state index in [-0.39, 0.29) is 16.4 Å². The van der Waals surface area contributed by atoms with Crippen LogP contribution >= 0.6 is 7.82 Å². The van der Waals surface area contributed by atoms with Gasteiger partial charge in [0.15, 0.2) is 0 Å². The van der Waals surface area contributed by atoms with Crippen molar-refractivity contribution < 1.29 is 32.2 Å². The van der Waals surface area contributed by atoms with E-state index in [4.69, 9.17) is 9.79 Å². The summed E-state index contributed by atoms with van der Waals surface area (Å²) in [7, 11) is -11.0. The van der Waals surface area contributed by atoms with Crippen LogP contribution in [0.15, 0.2) is 23.2 Å². The van der Waals surface area contributed by atoms with Gasteiger partial charge in [-0.3, -0.25) is 4.98 Å². The lowest BCUT2D eigenvalue weighted by Crippen LogP contribution is -2.36. The Bertz CT molecular complexity index is 793. The number of hydrogen-bond donors (Lipinski definition) is 5. The molecule has 124 valence electrons. The maximum Gasteiger partial charge on any atom is 0.478 e. The maximum absolute atomic E-state index is 11.9. The molecule has 0 aliphatic carbocycles. The number of aromatic nitrogens is 5. The number of nitrogens with zero attached hydrogens (tertiary/aromatic N) is 4. The largest absolute Gasteiger partial charge is 0.478 e. The van der Waals surface area contributed by atoms with Gasteiger partial charge in [-0.25, -0.2) is 17.7 Å². The Morgan fingerprint density at radius 2 is 2.13 bits per heavy atom. The molecule has 2 rings (SSSR count). The molecule has 13 nitrogen and oxygen atoms in total. The lowest BCUT2D eigenvalue weighted by Gasteiger charge is -2.10. The first-order valence-electron chi connectivity index (χ1n) is 5.79. The number of tetrazole rings is 1. The summed E-state index contributed by atoms with van der Waals surface area (Å²) < 4.78 is 40.2. The van der Waals surface area contributed by atoms with E-state index in [1.807, 2.05) is 4.72 Å². The van der Waals surface area contributed by atoms with Crippen molar-refractivity contribution >= 4 is 25.0 Å². The molecule has 0 fully saturated rings. The number of hydrogen-bond acceptors (Lipinski definition) is 9. The van der Waals surface area contributed by atoms with Crippen molar-refractivity contribution in [3.63, 3.8) is 0 Å². The quantitative estimate of drug-likeness (QED) is 0.260. The minimum Gasteiger partial charge on any atom is -0.426 e. The highest BCUT2D eigenvalue weighted by molar-refractivity contribution is 7.89. The lowest BCUT2D eigenvalue weighted by molar-refractivity contribution is 0.262. The SMILES string of the molecule is O=P(O)(O)OB(O)CNS(=O)(=O)c1ccc(-c2nn[nH]n2)nc1. The zero-order valence-electron chi connectivity index (χ0n) is 11.1. The molecule has 2 heterocycles. The molecule has 0 aliphatic heterocycles. The molecule has 5 N–H and O–H groups in total. The highest BCUT2D eigenvalue weighted by Crippen LogP contribution is 2.35. The number of H-pyrrole nitrogens is 1. The highest BCUT2D eigenvalue weighted by atomic mass is 32.2. The molecule has 0 aliphatic rings. The van der Waals surface area contributed by atoms with E-state index in [2.05, 4.69) is 30.0 Å². The standard InChI is InChI=1S/C7H10BN6O7PS/c15-8(21-22(16,17)18)4-10-23(19,20)5-1-2-6(9-3-5)7-11-13-14-12-7/h1-3,10,15H,4H2,(H2,16,17,18)(H,11,12,13,14). The molecule has 0 radical (unpaired) electrons. The molecule has 23 heavy (non-hydrogen) atoms. The van der Waals surface area contributed by atoms with E-state index in [1.165, 1.54) is 12.1 Å². The second kappa shape index (κ2) is 6.80. The first-order chi connectivity index (χ1) is 10.7. The number of phosphoric acid groups is 1. The van der Waals surface area contributed by atoms with Crippen LogP contribution in [0.4, 0.5) is 0 Å². The molecule has 16 heteroatoms. The Balaban J connectivity index is 2.03. The van der Waals surface area contributed by atoms with E-state index in [9.17, 15) is 18.0 Å². The Morgan fingerprint density at radius 3 is 2.65 bits per heavy atom. The topological polar surface area (TPSA) is 201 Å². The van der Waals surface area contributed by atoms with E-state index >= 15 is 0 Å². The van der Waals surface area contributed by atoms with Gasteiger partial charge in [0.1, 0.15) is 10.6 Å². The van der Waals surface area contributed by atoms with Gasteiger partial charge in [-0.1, -0.05) is 0 Å². The fraction of sp³-hybridized carbons (Fsp3) is 0.143. The van der Waals surface area contributed by atoms with Gasteiger partial charge in [0.25, 0.3) is 0 Å². The number of aromatic amines is 1. The zero-order chi connectivity index (χ0) is 17.1. The van der Waals surface area contributed by atoms with Crippen LogP contribution < -0.4 is 4.72 Å². The van der Waals surface area contributed by atoms with Gasteiger partial charge < -0.3 is 19.3 Å². The third kappa shape index (κ3) is 5.14. The van der Waals surface area contributed by atoms with Crippen molar-refractivity contribution in [2.24, 2.45) is 0 Å². The molecular weight excluding hydrogens is 354 g/mol. The Morgan fingerprint density at radius 1 is 1.39 bits per heavy atom. The summed E-state index contributed by atoms with van der Waals surface area (Å²) in [6.45, 7) is 0. The predicted molar refractivity (Wildman–Crippen MR) is 73.7 cm³/mol. The Hall–Kier alpha value is -1.74. The molecule has 0 saturated carbocycles. The summed E-state index contributed by atoms with van der Waals surface area (Å²) in [5.74, 6) is 0.173. The van der Waals surface area contributed by atoms with Crippen molar-refractivity contribution in [2.45, 2.75) is 4.90 Å². The minimum atomic E-state index is -4.93. The second-order valence-electron chi connectivity index (χ2n) is 4.02. The first kappa shape index (κ1) is 17.6. The smallest absolute Gasteiger partial charge is 0.426 e. The Kier molecular flexibility index (Phi) is 5.21. The highest BCUT2D eigenvalue weighted by Gasteiger charge is 2.27. The number of nitrogens with one attached hydrogen (secondary N) is 2. The van der Waals surface area contributed by atoms with Gasteiger partial charge in [-0.15, -0.1) is 10.2 Å². The molecule has 0 atom stereocenters. The predicted octanol–water partition coefficient (Wildman–Crippen LogP) is -2.33. The van der Waals surface area contributed by atoms with Crippen LogP contribution in [0.2, 0.25) is 0 Å². The van der Waals surface area contributed by atoms with E-state index < -0.39 is 31.4 Å². The number of sulfonamides is 1. The fourth-order valence-electron chi connectivity index (χ4n) is 1.40.